The molecule has 0 amide bonds. The van der Waals surface area contributed by atoms with Gasteiger partial charge in [-0.1, -0.05) is 31.9 Å². The number of hydrogen-bond acceptors (Lipinski definition) is 3. The average Bonchev–Trinajstić information content (AvgIpc) is 2.41. The molecule has 0 aromatic rings. The maximum absolute atomic E-state index is 5.70. The summed E-state index contributed by atoms with van der Waals surface area (Å²) in [5, 5.41) is 2.09. The summed E-state index contributed by atoms with van der Waals surface area (Å²) in [7, 11) is 0. The lowest BCUT2D eigenvalue weighted by Gasteiger charge is -2.17. The monoisotopic (exact) mass is 402 g/mol. The number of halogens is 2. The van der Waals surface area contributed by atoms with Crippen LogP contribution in [-0.4, -0.2) is 49.3 Å². The molecule has 2 atom stereocenters. The highest BCUT2D eigenvalue weighted by molar-refractivity contribution is 9.09. The minimum absolute atomic E-state index is 0.137. The van der Waals surface area contributed by atoms with Crippen molar-refractivity contribution >= 4 is 31.9 Å². The molecular weight excluding hydrogens is 376 g/mol. The lowest BCUT2D eigenvalue weighted by Crippen LogP contribution is -2.24. The van der Waals surface area contributed by atoms with E-state index in [0.717, 1.165) is 49.6 Å². The Morgan fingerprint density at radius 3 is 1.95 bits per heavy atom. The van der Waals surface area contributed by atoms with E-state index >= 15 is 0 Å². The Bertz CT molecular complexity index is 182. The maximum atomic E-state index is 5.70. The lowest BCUT2D eigenvalue weighted by molar-refractivity contribution is -0.0574. The molecule has 0 N–H and O–H groups in total. The summed E-state index contributed by atoms with van der Waals surface area (Å²) in [4.78, 5) is 0. The van der Waals surface area contributed by atoms with E-state index in [1.54, 1.807) is 0 Å². The maximum Gasteiger partial charge on any atom is 0.0781 e. The molecule has 0 saturated heterocycles. The SMILES string of the molecule is CC(COCCCCBr)OCC(C)OCCCCBr. The third-order valence-corrected chi connectivity index (χ3v) is 3.69. The third kappa shape index (κ3) is 15.1. The first-order valence-corrected chi connectivity index (χ1v) is 9.37. The Morgan fingerprint density at radius 2 is 1.32 bits per heavy atom. The first-order valence-electron chi connectivity index (χ1n) is 7.13. The van der Waals surface area contributed by atoms with Gasteiger partial charge in [0.25, 0.3) is 0 Å². The number of ether oxygens (including phenoxy) is 3. The van der Waals surface area contributed by atoms with E-state index in [4.69, 9.17) is 14.2 Å². The Hall–Kier alpha value is 0.840. The van der Waals surface area contributed by atoms with Crippen molar-refractivity contribution in [2.24, 2.45) is 0 Å². The average molecular weight is 404 g/mol. The molecule has 0 fully saturated rings. The second kappa shape index (κ2) is 15.2. The highest BCUT2D eigenvalue weighted by atomic mass is 79.9. The van der Waals surface area contributed by atoms with Crippen LogP contribution in [0.4, 0.5) is 0 Å². The fourth-order valence-electron chi connectivity index (χ4n) is 1.42. The van der Waals surface area contributed by atoms with E-state index < -0.39 is 0 Å². The van der Waals surface area contributed by atoms with E-state index in [0.29, 0.717) is 13.2 Å². The smallest absolute Gasteiger partial charge is 0.0781 e. The molecule has 0 heterocycles. The summed E-state index contributed by atoms with van der Waals surface area (Å²) in [6.45, 7) is 7.03. The van der Waals surface area contributed by atoms with Crippen molar-refractivity contribution in [3.8, 4) is 0 Å². The summed E-state index contributed by atoms with van der Waals surface area (Å²) in [6.07, 6.45) is 4.82. The first-order chi connectivity index (χ1) is 9.20. The molecule has 3 nitrogen and oxygen atoms in total. The van der Waals surface area contributed by atoms with Gasteiger partial charge in [-0.05, 0) is 39.5 Å². The molecule has 0 radical (unpaired) electrons. The topological polar surface area (TPSA) is 27.7 Å². The van der Waals surface area contributed by atoms with Gasteiger partial charge in [0.2, 0.25) is 0 Å². The molecule has 0 aromatic heterocycles. The molecule has 0 rings (SSSR count). The first kappa shape index (κ1) is 19.8. The Balaban J connectivity index is 3.32. The third-order valence-electron chi connectivity index (χ3n) is 2.57. The number of rotatable bonds is 14. The van der Waals surface area contributed by atoms with E-state index in [2.05, 4.69) is 38.8 Å². The summed E-state index contributed by atoms with van der Waals surface area (Å²) in [5.41, 5.74) is 0. The summed E-state index contributed by atoms with van der Waals surface area (Å²) < 4.78 is 16.9. The quantitative estimate of drug-likeness (QED) is 0.322. The molecule has 5 heteroatoms. The van der Waals surface area contributed by atoms with Crippen molar-refractivity contribution in [1.82, 2.24) is 0 Å². The molecule has 0 aromatic carbocycles. The highest BCUT2D eigenvalue weighted by Gasteiger charge is 2.07. The van der Waals surface area contributed by atoms with Gasteiger partial charge in [0.15, 0.2) is 0 Å². The number of alkyl halides is 2. The fraction of sp³-hybridized carbons (Fsp3) is 1.00. The molecule has 0 saturated carbocycles. The van der Waals surface area contributed by atoms with Crippen LogP contribution in [0, 0.1) is 0 Å². The Labute approximate surface area is 135 Å². The van der Waals surface area contributed by atoms with Gasteiger partial charge >= 0.3 is 0 Å². The van der Waals surface area contributed by atoms with E-state index in [1.165, 1.54) is 0 Å². The van der Waals surface area contributed by atoms with Crippen molar-refractivity contribution in [3.63, 3.8) is 0 Å². The van der Waals surface area contributed by atoms with Gasteiger partial charge < -0.3 is 14.2 Å². The van der Waals surface area contributed by atoms with Crippen molar-refractivity contribution in [2.75, 3.05) is 37.1 Å². The van der Waals surface area contributed by atoms with Crippen LogP contribution in [0.25, 0.3) is 0 Å². The molecule has 116 valence electrons. The van der Waals surface area contributed by atoms with E-state index in [-0.39, 0.29) is 12.2 Å². The molecule has 0 spiro atoms. The predicted molar refractivity (Wildman–Crippen MR) is 87.7 cm³/mol. The number of unbranched alkanes of at least 4 members (excludes halogenated alkanes) is 2. The van der Waals surface area contributed by atoms with Crippen LogP contribution in [0.2, 0.25) is 0 Å². The fourth-order valence-corrected chi connectivity index (χ4v) is 2.22. The van der Waals surface area contributed by atoms with Gasteiger partial charge in [0, 0.05) is 23.9 Å². The van der Waals surface area contributed by atoms with Crippen molar-refractivity contribution in [3.05, 3.63) is 0 Å². The van der Waals surface area contributed by atoms with Gasteiger partial charge in [-0.15, -0.1) is 0 Å². The summed E-state index contributed by atoms with van der Waals surface area (Å²) >= 11 is 6.81. The normalized spacial score (nSPS) is 14.5. The molecule has 0 aliphatic carbocycles. The van der Waals surface area contributed by atoms with Crippen LogP contribution < -0.4 is 0 Å². The van der Waals surface area contributed by atoms with E-state index in [9.17, 15) is 0 Å². The zero-order valence-electron chi connectivity index (χ0n) is 12.2. The van der Waals surface area contributed by atoms with Gasteiger partial charge in [0.1, 0.15) is 0 Å². The van der Waals surface area contributed by atoms with Crippen LogP contribution >= 0.6 is 31.9 Å². The van der Waals surface area contributed by atoms with Gasteiger partial charge in [-0.3, -0.25) is 0 Å². The standard InChI is InChI=1S/C14H28Br2O3/c1-13(11-17-9-5-3-7-15)19-12-14(2)18-10-6-4-8-16/h13-14H,3-12H2,1-2H3. The predicted octanol–water partition coefficient (Wildman–Crippen LogP) is 4.16. The van der Waals surface area contributed by atoms with E-state index in [1.807, 2.05) is 6.92 Å². The Morgan fingerprint density at radius 1 is 0.737 bits per heavy atom. The lowest BCUT2D eigenvalue weighted by atomic mass is 10.3. The van der Waals surface area contributed by atoms with Crippen molar-refractivity contribution in [1.29, 1.82) is 0 Å². The molecule has 19 heavy (non-hydrogen) atoms. The molecule has 0 aliphatic rings. The van der Waals surface area contributed by atoms with Crippen LogP contribution in [0.1, 0.15) is 39.5 Å². The summed E-state index contributed by atoms with van der Waals surface area (Å²) in [5.74, 6) is 0. The van der Waals surface area contributed by atoms with Crippen LogP contribution in [0.15, 0.2) is 0 Å². The van der Waals surface area contributed by atoms with Crippen molar-refractivity contribution < 1.29 is 14.2 Å². The summed E-state index contributed by atoms with van der Waals surface area (Å²) in [6, 6.07) is 0. The largest absolute Gasteiger partial charge is 0.379 e. The number of hydrogen-bond donors (Lipinski definition) is 0. The minimum Gasteiger partial charge on any atom is -0.379 e. The molecule has 0 aliphatic heterocycles. The molecule has 0 bridgehead atoms. The zero-order chi connectivity index (χ0) is 14.3. The Kier molecular flexibility index (Phi) is 15.9. The van der Waals surface area contributed by atoms with Gasteiger partial charge in [-0.2, -0.15) is 0 Å². The second-order valence-corrected chi connectivity index (χ2v) is 6.28. The highest BCUT2D eigenvalue weighted by Crippen LogP contribution is 2.01. The van der Waals surface area contributed by atoms with Crippen molar-refractivity contribution in [2.45, 2.75) is 51.7 Å². The molecular formula is C14H28Br2O3. The molecule has 2 unspecified atom stereocenters. The van der Waals surface area contributed by atoms with Crippen LogP contribution in [-0.2, 0) is 14.2 Å². The minimum atomic E-state index is 0.137. The van der Waals surface area contributed by atoms with Crippen LogP contribution in [0.5, 0.6) is 0 Å². The van der Waals surface area contributed by atoms with Crippen LogP contribution in [0.3, 0.4) is 0 Å². The second-order valence-electron chi connectivity index (χ2n) is 4.69. The zero-order valence-corrected chi connectivity index (χ0v) is 15.4. The van der Waals surface area contributed by atoms with Gasteiger partial charge in [-0.25, -0.2) is 0 Å². The van der Waals surface area contributed by atoms with Gasteiger partial charge in [0.05, 0.1) is 25.4 Å².